The molecule has 0 aliphatic rings. The van der Waals surface area contributed by atoms with Gasteiger partial charge < -0.3 is 4.90 Å². The molecule has 0 spiro atoms. The molecule has 15 heavy (non-hydrogen) atoms. The topological polar surface area (TPSA) is 41.9 Å². The maximum absolute atomic E-state index is 4.24. The Bertz CT molecular complexity index is 469. The van der Waals surface area contributed by atoms with E-state index in [2.05, 4.69) is 31.1 Å². The minimum atomic E-state index is 0.833. The molecule has 0 saturated heterocycles. The second-order valence-electron chi connectivity index (χ2n) is 3.14. The monoisotopic (exact) mass is 284 g/mol. The van der Waals surface area contributed by atoms with Crippen LogP contribution in [0.1, 0.15) is 0 Å². The fourth-order valence-electron chi connectivity index (χ4n) is 1.02. The van der Waals surface area contributed by atoms with Crippen LogP contribution in [0.15, 0.2) is 22.8 Å². The molecule has 0 aromatic carbocycles. The number of halogens is 1. The molecular weight excluding hydrogens is 276 g/mol. The number of nitrogens with zero attached hydrogens (tertiary/aromatic N) is 4. The fourth-order valence-corrected chi connectivity index (χ4v) is 2.09. The van der Waals surface area contributed by atoms with Crippen molar-refractivity contribution in [2.24, 2.45) is 0 Å². The molecule has 2 aromatic heterocycles. The lowest BCUT2D eigenvalue weighted by atomic mass is 10.4. The summed E-state index contributed by atoms with van der Waals surface area (Å²) < 4.78 is 0.995. The Kier molecular flexibility index (Phi) is 2.97. The Morgan fingerprint density at radius 2 is 2.13 bits per heavy atom. The van der Waals surface area contributed by atoms with Gasteiger partial charge in [0.05, 0.1) is 0 Å². The molecule has 0 saturated carbocycles. The van der Waals surface area contributed by atoms with Crippen LogP contribution in [0.2, 0.25) is 0 Å². The van der Waals surface area contributed by atoms with Crippen molar-refractivity contribution >= 4 is 32.4 Å². The lowest BCUT2D eigenvalue weighted by Gasteiger charge is -2.03. The minimum absolute atomic E-state index is 0.833. The van der Waals surface area contributed by atoms with Crippen molar-refractivity contribution in [3.63, 3.8) is 0 Å². The first-order chi connectivity index (χ1) is 7.16. The van der Waals surface area contributed by atoms with Crippen molar-refractivity contribution in [3.05, 3.63) is 22.8 Å². The standard InChI is InChI=1S/C9H9BrN4S/c1-14(2)9-13-12-8(15-9)7-5-6(10)3-4-11-7/h3-5H,1-2H3. The molecule has 0 aliphatic carbocycles. The summed E-state index contributed by atoms with van der Waals surface area (Å²) >= 11 is 4.92. The number of hydrogen-bond donors (Lipinski definition) is 0. The zero-order valence-corrected chi connectivity index (χ0v) is 10.7. The summed E-state index contributed by atoms with van der Waals surface area (Å²) in [4.78, 5) is 6.17. The van der Waals surface area contributed by atoms with Gasteiger partial charge in [0, 0.05) is 24.8 Å². The van der Waals surface area contributed by atoms with E-state index in [-0.39, 0.29) is 0 Å². The van der Waals surface area contributed by atoms with Gasteiger partial charge in [0.1, 0.15) is 5.69 Å². The van der Waals surface area contributed by atoms with E-state index in [1.165, 1.54) is 11.3 Å². The van der Waals surface area contributed by atoms with Gasteiger partial charge in [-0.05, 0) is 12.1 Å². The third-order valence-electron chi connectivity index (χ3n) is 1.74. The quantitative estimate of drug-likeness (QED) is 0.850. The van der Waals surface area contributed by atoms with Gasteiger partial charge in [0.2, 0.25) is 5.13 Å². The molecule has 2 aromatic rings. The molecule has 2 rings (SSSR count). The number of hydrogen-bond acceptors (Lipinski definition) is 5. The van der Waals surface area contributed by atoms with Crippen LogP contribution in [-0.4, -0.2) is 29.3 Å². The molecule has 0 bridgehead atoms. The lowest BCUT2D eigenvalue weighted by Crippen LogP contribution is -2.07. The van der Waals surface area contributed by atoms with Crippen molar-refractivity contribution < 1.29 is 0 Å². The summed E-state index contributed by atoms with van der Waals surface area (Å²) in [5, 5.41) is 9.87. The first-order valence-corrected chi connectivity index (χ1v) is 5.90. The van der Waals surface area contributed by atoms with E-state index in [1.807, 2.05) is 31.1 Å². The SMILES string of the molecule is CN(C)c1nnc(-c2cc(Br)ccn2)s1. The maximum Gasteiger partial charge on any atom is 0.208 e. The Morgan fingerprint density at radius 3 is 2.73 bits per heavy atom. The van der Waals surface area contributed by atoms with Crippen molar-refractivity contribution in [1.82, 2.24) is 15.2 Å². The Labute approximate surface area is 100 Å². The van der Waals surface area contributed by atoms with Crippen LogP contribution in [0.5, 0.6) is 0 Å². The van der Waals surface area contributed by atoms with Crippen molar-refractivity contribution in [2.75, 3.05) is 19.0 Å². The molecule has 6 heteroatoms. The first kappa shape index (κ1) is 10.5. The zero-order valence-electron chi connectivity index (χ0n) is 8.31. The van der Waals surface area contributed by atoms with Gasteiger partial charge in [-0.15, -0.1) is 10.2 Å². The smallest absolute Gasteiger partial charge is 0.208 e. The predicted molar refractivity (Wildman–Crippen MR) is 65.2 cm³/mol. The third kappa shape index (κ3) is 2.32. The summed E-state index contributed by atoms with van der Waals surface area (Å²) in [6.07, 6.45) is 1.75. The molecule has 78 valence electrons. The van der Waals surface area contributed by atoms with Gasteiger partial charge in [-0.2, -0.15) is 0 Å². The van der Waals surface area contributed by atoms with E-state index in [4.69, 9.17) is 0 Å². The van der Waals surface area contributed by atoms with E-state index in [9.17, 15) is 0 Å². The lowest BCUT2D eigenvalue weighted by molar-refractivity contribution is 1.02. The zero-order chi connectivity index (χ0) is 10.8. The Balaban J connectivity index is 2.37. The highest BCUT2D eigenvalue weighted by Gasteiger charge is 2.08. The second kappa shape index (κ2) is 4.24. The number of anilines is 1. The van der Waals surface area contributed by atoms with Crippen LogP contribution in [-0.2, 0) is 0 Å². The fraction of sp³-hybridized carbons (Fsp3) is 0.222. The highest BCUT2D eigenvalue weighted by Crippen LogP contribution is 2.27. The highest BCUT2D eigenvalue weighted by molar-refractivity contribution is 9.10. The van der Waals surface area contributed by atoms with Crippen LogP contribution in [0.25, 0.3) is 10.7 Å². The van der Waals surface area contributed by atoms with Gasteiger partial charge in [0.15, 0.2) is 5.01 Å². The summed E-state index contributed by atoms with van der Waals surface area (Å²) in [6, 6.07) is 3.82. The summed E-state index contributed by atoms with van der Waals surface area (Å²) in [6.45, 7) is 0. The molecule has 0 aliphatic heterocycles. The predicted octanol–water partition coefficient (Wildman–Crippen LogP) is 2.43. The molecule has 0 radical (unpaired) electrons. The second-order valence-corrected chi connectivity index (χ2v) is 5.02. The maximum atomic E-state index is 4.24. The van der Waals surface area contributed by atoms with Gasteiger partial charge in [-0.3, -0.25) is 4.98 Å². The third-order valence-corrected chi connectivity index (χ3v) is 3.34. The Morgan fingerprint density at radius 1 is 1.33 bits per heavy atom. The number of aromatic nitrogens is 3. The van der Waals surface area contributed by atoms with Crippen molar-refractivity contribution in [2.45, 2.75) is 0 Å². The molecule has 4 nitrogen and oxygen atoms in total. The molecule has 0 fully saturated rings. The Hall–Kier alpha value is -1.01. The van der Waals surface area contributed by atoms with E-state index >= 15 is 0 Å². The van der Waals surface area contributed by atoms with Crippen LogP contribution >= 0.6 is 27.3 Å². The van der Waals surface area contributed by atoms with Gasteiger partial charge >= 0.3 is 0 Å². The van der Waals surface area contributed by atoms with Crippen LogP contribution in [0.3, 0.4) is 0 Å². The van der Waals surface area contributed by atoms with E-state index < -0.39 is 0 Å². The van der Waals surface area contributed by atoms with Crippen LogP contribution < -0.4 is 4.90 Å². The van der Waals surface area contributed by atoms with Gasteiger partial charge in [-0.25, -0.2) is 0 Å². The summed E-state index contributed by atoms with van der Waals surface area (Å²) in [5.74, 6) is 0. The van der Waals surface area contributed by atoms with Crippen LogP contribution in [0, 0.1) is 0 Å². The molecule has 0 amide bonds. The largest absolute Gasteiger partial charge is 0.353 e. The normalized spacial score (nSPS) is 10.3. The highest BCUT2D eigenvalue weighted by atomic mass is 79.9. The van der Waals surface area contributed by atoms with Crippen molar-refractivity contribution in [1.29, 1.82) is 0 Å². The molecule has 2 heterocycles. The number of rotatable bonds is 2. The van der Waals surface area contributed by atoms with E-state index in [1.54, 1.807) is 6.20 Å². The van der Waals surface area contributed by atoms with E-state index in [0.717, 1.165) is 20.3 Å². The minimum Gasteiger partial charge on any atom is -0.353 e. The summed E-state index contributed by atoms with van der Waals surface area (Å²) in [7, 11) is 3.89. The first-order valence-electron chi connectivity index (χ1n) is 4.29. The molecule has 0 unspecified atom stereocenters. The van der Waals surface area contributed by atoms with Gasteiger partial charge in [0.25, 0.3) is 0 Å². The van der Waals surface area contributed by atoms with Crippen molar-refractivity contribution in [3.8, 4) is 10.7 Å². The van der Waals surface area contributed by atoms with Gasteiger partial charge in [-0.1, -0.05) is 27.3 Å². The molecule has 0 atom stereocenters. The number of pyridine rings is 1. The summed E-state index contributed by atoms with van der Waals surface area (Å²) in [5.41, 5.74) is 0.843. The average Bonchev–Trinajstić information content (AvgIpc) is 2.66. The average molecular weight is 285 g/mol. The van der Waals surface area contributed by atoms with E-state index in [0.29, 0.717) is 0 Å². The van der Waals surface area contributed by atoms with Crippen LogP contribution in [0.4, 0.5) is 5.13 Å². The molecular formula is C9H9BrN4S. The molecule has 0 N–H and O–H groups in total.